The number of hydrogen-bond donors (Lipinski definition) is 1. The predicted octanol–water partition coefficient (Wildman–Crippen LogP) is 4.75. The molecule has 2 aromatic carbocycles. The summed E-state index contributed by atoms with van der Waals surface area (Å²) in [4.78, 5) is 0. The predicted molar refractivity (Wildman–Crippen MR) is 89.8 cm³/mol. The lowest BCUT2D eigenvalue weighted by Crippen LogP contribution is -2.07. The lowest BCUT2D eigenvalue weighted by molar-refractivity contribution is -0.141. The van der Waals surface area contributed by atoms with Crippen LogP contribution in [0.25, 0.3) is 16.9 Å². The van der Waals surface area contributed by atoms with Crippen LogP contribution < -0.4 is 0 Å². The SMILES string of the molecule is OCCc1ccc(-c2cc(C(F)(F)F)nn2-c2ccc(Cl)cc2)cc1. The fourth-order valence-corrected chi connectivity index (χ4v) is 2.60. The minimum absolute atomic E-state index is 0.0142. The van der Waals surface area contributed by atoms with Gasteiger partial charge in [0.2, 0.25) is 0 Å². The van der Waals surface area contributed by atoms with Crippen molar-refractivity contribution in [1.29, 1.82) is 0 Å². The zero-order valence-corrected chi connectivity index (χ0v) is 13.7. The third kappa shape index (κ3) is 3.86. The summed E-state index contributed by atoms with van der Waals surface area (Å²) in [6.07, 6.45) is -4.05. The molecule has 7 heteroatoms. The molecule has 1 aromatic heterocycles. The first-order chi connectivity index (χ1) is 11.9. The third-order valence-electron chi connectivity index (χ3n) is 3.72. The maximum absolute atomic E-state index is 13.1. The molecular weight excluding hydrogens is 353 g/mol. The van der Waals surface area contributed by atoms with Crippen LogP contribution in [0.5, 0.6) is 0 Å². The number of nitrogens with zero attached hydrogens (tertiary/aromatic N) is 2. The van der Waals surface area contributed by atoms with Gasteiger partial charge in [0.15, 0.2) is 5.69 Å². The molecule has 0 aliphatic heterocycles. The van der Waals surface area contributed by atoms with Crippen LogP contribution in [0.2, 0.25) is 5.02 Å². The van der Waals surface area contributed by atoms with Crippen molar-refractivity contribution >= 4 is 11.6 Å². The number of rotatable bonds is 4. The first kappa shape index (κ1) is 17.5. The van der Waals surface area contributed by atoms with Crippen LogP contribution >= 0.6 is 11.6 Å². The lowest BCUT2D eigenvalue weighted by Gasteiger charge is -2.08. The van der Waals surface area contributed by atoms with Gasteiger partial charge in [0.25, 0.3) is 0 Å². The maximum atomic E-state index is 13.1. The number of aliphatic hydroxyl groups excluding tert-OH is 1. The van der Waals surface area contributed by atoms with Crippen LogP contribution in [-0.4, -0.2) is 21.5 Å². The fourth-order valence-electron chi connectivity index (χ4n) is 2.48. The second-order valence-electron chi connectivity index (χ2n) is 5.47. The van der Waals surface area contributed by atoms with Crippen molar-refractivity contribution < 1.29 is 18.3 Å². The van der Waals surface area contributed by atoms with Crippen LogP contribution in [-0.2, 0) is 12.6 Å². The molecule has 0 bridgehead atoms. The van der Waals surface area contributed by atoms with Gasteiger partial charge in [-0.25, -0.2) is 4.68 Å². The van der Waals surface area contributed by atoms with Gasteiger partial charge in [0.05, 0.1) is 11.4 Å². The van der Waals surface area contributed by atoms with Gasteiger partial charge in [-0.3, -0.25) is 0 Å². The van der Waals surface area contributed by atoms with Gasteiger partial charge in [-0.15, -0.1) is 0 Å². The molecule has 0 saturated heterocycles. The Kier molecular flexibility index (Phi) is 4.83. The number of halogens is 4. The van der Waals surface area contributed by atoms with Crippen molar-refractivity contribution in [2.45, 2.75) is 12.6 Å². The van der Waals surface area contributed by atoms with E-state index in [2.05, 4.69) is 5.10 Å². The lowest BCUT2D eigenvalue weighted by atomic mass is 10.1. The third-order valence-corrected chi connectivity index (χ3v) is 3.97. The van der Waals surface area contributed by atoms with Crippen molar-refractivity contribution in [3.05, 3.63) is 70.9 Å². The van der Waals surface area contributed by atoms with Gasteiger partial charge in [0, 0.05) is 17.2 Å². The van der Waals surface area contributed by atoms with E-state index in [0.29, 0.717) is 28.4 Å². The van der Waals surface area contributed by atoms with Crippen LogP contribution in [0.1, 0.15) is 11.3 Å². The summed E-state index contributed by atoms with van der Waals surface area (Å²) >= 11 is 5.85. The molecule has 0 unspecified atom stereocenters. The Hall–Kier alpha value is -2.31. The van der Waals surface area contributed by atoms with Gasteiger partial charge >= 0.3 is 6.18 Å². The molecule has 1 N–H and O–H groups in total. The number of alkyl halides is 3. The van der Waals surface area contributed by atoms with E-state index >= 15 is 0 Å². The molecule has 0 aliphatic carbocycles. The molecule has 130 valence electrons. The number of aliphatic hydroxyl groups is 1. The average molecular weight is 367 g/mol. The zero-order chi connectivity index (χ0) is 18.0. The molecule has 0 radical (unpaired) electrons. The van der Waals surface area contributed by atoms with Gasteiger partial charge in [-0.2, -0.15) is 18.3 Å². The summed E-state index contributed by atoms with van der Waals surface area (Å²) in [5.41, 5.74) is 1.34. The summed E-state index contributed by atoms with van der Waals surface area (Å²) in [5, 5.41) is 13.2. The zero-order valence-electron chi connectivity index (χ0n) is 13.0. The molecule has 0 fully saturated rings. The Bertz CT molecular complexity index is 856. The maximum Gasteiger partial charge on any atom is 0.435 e. The van der Waals surface area contributed by atoms with Crippen LogP contribution in [0.4, 0.5) is 13.2 Å². The summed E-state index contributed by atoms with van der Waals surface area (Å²) in [7, 11) is 0. The Morgan fingerprint density at radius 2 is 1.64 bits per heavy atom. The molecule has 0 spiro atoms. The van der Waals surface area contributed by atoms with E-state index in [4.69, 9.17) is 16.7 Å². The van der Waals surface area contributed by atoms with E-state index in [1.54, 1.807) is 48.5 Å². The summed E-state index contributed by atoms with van der Waals surface area (Å²) < 4.78 is 40.6. The Morgan fingerprint density at radius 3 is 2.20 bits per heavy atom. The van der Waals surface area contributed by atoms with Crippen molar-refractivity contribution in [1.82, 2.24) is 9.78 Å². The quantitative estimate of drug-likeness (QED) is 0.723. The minimum atomic E-state index is -4.54. The van der Waals surface area contributed by atoms with Crippen molar-refractivity contribution in [2.24, 2.45) is 0 Å². The average Bonchev–Trinajstić information content (AvgIpc) is 3.02. The highest BCUT2D eigenvalue weighted by Crippen LogP contribution is 2.33. The molecule has 25 heavy (non-hydrogen) atoms. The van der Waals surface area contributed by atoms with Gasteiger partial charge < -0.3 is 5.11 Å². The monoisotopic (exact) mass is 366 g/mol. The van der Waals surface area contributed by atoms with E-state index < -0.39 is 11.9 Å². The van der Waals surface area contributed by atoms with E-state index in [1.165, 1.54) is 4.68 Å². The van der Waals surface area contributed by atoms with Gasteiger partial charge in [0.1, 0.15) is 0 Å². The van der Waals surface area contributed by atoms with Crippen molar-refractivity contribution in [3.8, 4) is 16.9 Å². The standard InChI is InChI=1S/C18H14ClF3N2O/c19-14-5-7-15(8-6-14)24-16(11-17(23-24)18(20,21)22)13-3-1-12(2-4-13)9-10-25/h1-8,11,25H,9-10H2. The molecule has 3 rings (SSSR count). The summed E-state index contributed by atoms with van der Waals surface area (Å²) in [6.45, 7) is 0.0142. The second kappa shape index (κ2) is 6.90. The first-order valence-electron chi connectivity index (χ1n) is 7.52. The summed E-state index contributed by atoms with van der Waals surface area (Å²) in [5.74, 6) is 0. The number of benzene rings is 2. The normalized spacial score (nSPS) is 11.7. The Morgan fingerprint density at radius 1 is 1.00 bits per heavy atom. The van der Waals surface area contributed by atoms with Crippen LogP contribution in [0.15, 0.2) is 54.6 Å². The van der Waals surface area contributed by atoms with Crippen molar-refractivity contribution in [3.63, 3.8) is 0 Å². The summed E-state index contributed by atoms with van der Waals surface area (Å²) in [6, 6.07) is 14.4. The Balaban J connectivity index is 2.10. The molecular formula is C18H14ClF3N2O. The smallest absolute Gasteiger partial charge is 0.396 e. The van der Waals surface area contributed by atoms with E-state index in [-0.39, 0.29) is 6.61 Å². The molecule has 0 saturated carbocycles. The highest BCUT2D eigenvalue weighted by molar-refractivity contribution is 6.30. The minimum Gasteiger partial charge on any atom is -0.396 e. The Labute approximate surface area is 147 Å². The van der Waals surface area contributed by atoms with E-state index in [0.717, 1.165) is 11.6 Å². The van der Waals surface area contributed by atoms with E-state index in [1.807, 2.05) is 0 Å². The van der Waals surface area contributed by atoms with Crippen LogP contribution in [0.3, 0.4) is 0 Å². The molecule has 3 aromatic rings. The topological polar surface area (TPSA) is 38.1 Å². The molecule has 0 atom stereocenters. The highest BCUT2D eigenvalue weighted by atomic mass is 35.5. The number of aromatic nitrogens is 2. The number of hydrogen-bond acceptors (Lipinski definition) is 2. The van der Waals surface area contributed by atoms with E-state index in [9.17, 15) is 13.2 Å². The molecule has 0 amide bonds. The van der Waals surface area contributed by atoms with Crippen LogP contribution in [0, 0.1) is 0 Å². The molecule has 3 nitrogen and oxygen atoms in total. The fraction of sp³-hybridized carbons (Fsp3) is 0.167. The molecule has 1 heterocycles. The second-order valence-corrected chi connectivity index (χ2v) is 5.91. The first-order valence-corrected chi connectivity index (χ1v) is 7.89. The van der Waals surface area contributed by atoms with Gasteiger partial charge in [-0.05, 0) is 42.3 Å². The van der Waals surface area contributed by atoms with Crippen molar-refractivity contribution in [2.75, 3.05) is 6.61 Å². The van der Waals surface area contributed by atoms with Gasteiger partial charge in [-0.1, -0.05) is 35.9 Å². The largest absolute Gasteiger partial charge is 0.435 e. The highest BCUT2D eigenvalue weighted by Gasteiger charge is 2.35. The molecule has 0 aliphatic rings.